The molecular weight excluding hydrogens is 488 g/mol. The molecule has 1 saturated heterocycles. The van der Waals surface area contributed by atoms with Gasteiger partial charge in [0.25, 0.3) is 11.1 Å². The Labute approximate surface area is 196 Å². The highest BCUT2D eigenvalue weighted by Gasteiger charge is 2.36. The number of hydrogen-bond donors (Lipinski definition) is 0. The summed E-state index contributed by atoms with van der Waals surface area (Å²) in [5.41, 5.74) is 2.89. The third-order valence-electron chi connectivity index (χ3n) is 5.25. The summed E-state index contributed by atoms with van der Waals surface area (Å²) >= 11 is 4.18. The lowest BCUT2D eigenvalue weighted by molar-refractivity contribution is -0.122. The SMILES string of the molecule is O=C(CN1C(=O)S/C(=C/c2c3ccccc3nc3ccccc23)C1=O)c1ccc(Br)cc1. The van der Waals surface area contributed by atoms with Crippen LogP contribution in [0.3, 0.4) is 0 Å². The van der Waals surface area contributed by atoms with E-state index in [4.69, 9.17) is 4.98 Å². The number of pyridine rings is 1. The van der Waals surface area contributed by atoms with Gasteiger partial charge in [-0.1, -0.05) is 64.5 Å². The number of para-hydroxylation sites is 2. The zero-order valence-electron chi connectivity index (χ0n) is 16.6. The highest BCUT2D eigenvalue weighted by molar-refractivity contribution is 9.10. The minimum atomic E-state index is -0.463. The predicted molar refractivity (Wildman–Crippen MR) is 130 cm³/mol. The summed E-state index contributed by atoms with van der Waals surface area (Å²) in [6.45, 7) is -0.290. The topological polar surface area (TPSA) is 67.3 Å². The van der Waals surface area contributed by atoms with Crippen LogP contribution in [0.15, 0.2) is 82.2 Å². The number of ketones is 1. The maximum Gasteiger partial charge on any atom is 0.293 e. The number of carbonyl (C=O) groups is 3. The number of aromatic nitrogens is 1. The van der Waals surface area contributed by atoms with Crippen LogP contribution in [0.2, 0.25) is 0 Å². The van der Waals surface area contributed by atoms with Gasteiger partial charge in [0.2, 0.25) is 0 Å². The van der Waals surface area contributed by atoms with Gasteiger partial charge in [0.05, 0.1) is 22.5 Å². The fourth-order valence-corrected chi connectivity index (χ4v) is 4.75. The van der Waals surface area contributed by atoms with Crippen LogP contribution in [0.25, 0.3) is 27.9 Å². The third kappa shape index (κ3) is 3.74. The van der Waals surface area contributed by atoms with E-state index >= 15 is 0 Å². The molecule has 7 heteroatoms. The lowest BCUT2D eigenvalue weighted by Crippen LogP contribution is -2.33. The largest absolute Gasteiger partial charge is 0.293 e. The number of amides is 2. The summed E-state index contributed by atoms with van der Waals surface area (Å²) in [6.07, 6.45) is 1.74. The van der Waals surface area contributed by atoms with Crippen LogP contribution in [0.4, 0.5) is 4.79 Å². The standard InChI is InChI=1S/C25H15BrN2O3S/c26-16-11-9-15(10-12-16)22(29)14-28-24(30)23(32-25(28)31)13-19-17-5-1-3-7-20(17)27-21-8-4-2-6-18(19)21/h1-13H,14H2/b23-13+. The Balaban J connectivity index is 1.52. The van der Waals surface area contributed by atoms with Crippen LogP contribution in [0.5, 0.6) is 0 Å². The molecule has 4 aromatic rings. The van der Waals surface area contributed by atoms with E-state index in [0.717, 1.165) is 48.5 Å². The van der Waals surface area contributed by atoms with E-state index in [2.05, 4.69) is 15.9 Å². The van der Waals surface area contributed by atoms with Crippen LogP contribution in [-0.2, 0) is 4.79 Å². The Bertz CT molecular complexity index is 1390. The van der Waals surface area contributed by atoms with Gasteiger partial charge >= 0.3 is 0 Å². The molecule has 0 spiro atoms. The zero-order valence-corrected chi connectivity index (χ0v) is 19.0. The van der Waals surface area contributed by atoms with Crippen molar-refractivity contribution in [3.8, 4) is 0 Å². The molecule has 0 unspecified atom stereocenters. The molecule has 1 aliphatic heterocycles. The Hall–Kier alpha value is -3.29. The van der Waals surface area contributed by atoms with Crippen molar-refractivity contribution in [1.82, 2.24) is 9.88 Å². The van der Waals surface area contributed by atoms with Gasteiger partial charge in [-0.15, -0.1) is 0 Å². The van der Waals surface area contributed by atoms with Gasteiger partial charge in [0.15, 0.2) is 5.78 Å². The van der Waals surface area contributed by atoms with Crippen molar-refractivity contribution in [2.75, 3.05) is 6.54 Å². The minimum Gasteiger partial charge on any atom is -0.292 e. The van der Waals surface area contributed by atoms with Crippen molar-refractivity contribution < 1.29 is 14.4 Å². The van der Waals surface area contributed by atoms with Gasteiger partial charge in [0.1, 0.15) is 0 Å². The number of benzene rings is 3. The maximum atomic E-state index is 13.1. The van der Waals surface area contributed by atoms with Gasteiger partial charge < -0.3 is 0 Å². The molecular formula is C25H15BrN2O3S. The van der Waals surface area contributed by atoms with E-state index in [-0.39, 0.29) is 12.3 Å². The zero-order chi connectivity index (χ0) is 22.2. The lowest BCUT2D eigenvalue weighted by atomic mass is 10.0. The number of imide groups is 1. The lowest BCUT2D eigenvalue weighted by Gasteiger charge is -2.11. The summed E-state index contributed by atoms with van der Waals surface area (Å²) in [5.74, 6) is -0.753. The number of Topliss-reactive ketones (excluding diaryl/α,β-unsaturated/α-hetero) is 1. The first-order chi connectivity index (χ1) is 15.5. The maximum absolute atomic E-state index is 13.1. The minimum absolute atomic E-state index is 0.290. The van der Waals surface area contributed by atoms with Crippen molar-refractivity contribution >= 4 is 72.5 Å². The Kier molecular flexibility index (Phi) is 5.36. The molecule has 2 amide bonds. The summed E-state index contributed by atoms with van der Waals surface area (Å²) in [7, 11) is 0. The number of hydrogen-bond acceptors (Lipinski definition) is 5. The normalized spacial score (nSPS) is 15.3. The van der Waals surface area contributed by atoms with Gasteiger partial charge in [-0.3, -0.25) is 19.3 Å². The highest BCUT2D eigenvalue weighted by Crippen LogP contribution is 2.35. The third-order valence-corrected chi connectivity index (χ3v) is 6.68. The fraction of sp³-hybridized carbons (Fsp3) is 0.0400. The number of fused-ring (bicyclic) bond motifs is 2. The van der Waals surface area contributed by atoms with Gasteiger partial charge in [-0.25, -0.2) is 4.98 Å². The highest BCUT2D eigenvalue weighted by atomic mass is 79.9. The van der Waals surface area contributed by atoms with Gasteiger partial charge in [-0.05, 0) is 47.7 Å². The van der Waals surface area contributed by atoms with Crippen LogP contribution in [0.1, 0.15) is 15.9 Å². The number of carbonyl (C=O) groups excluding carboxylic acids is 3. The summed E-state index contributed by atoms with van der Waals surface area (Å²) in [6, 6.07) is 22.2. The Morgan fingerprint density at radius 3 is 2.12 bits per heavy atom. The van der Waals surface area contributed by atoms with Crippen LogP contribution in [-0.4, -0.2) is 33.4 Å². The van der Waals surface area contributed by atoms with Crippen molar-refractivity contribution in [2.45, 2.75) is 0 Å². The van der Waals surface area contributed by atoms with E-state index in [1.54, 1.807) is 30.3 Å². The van der Waals surface area contributed by atoms with Gasteiger partial charge in [0, 0.05) is 20.8 Å². The average molecular weight is 503 g/mol. The second kappa shape index (κ2) is 8.33. The fourth-order valence-electron chi connectivity index (χ4n) is 3.67. The smallest absolute Gasteiger partial charge is 0.292 e. The summed E-state index contributed by atoms with van der Waals surface area (Å²) in [4.78, 5) is 44.3. The molecule has 1 aliphatic rings. The molecule has 1 aromatic heterocycles. The molecule has 0 aliphatic carbocycles. The molecule has 1 fully saturated rings. The molecule has 156 valence electrons. The van der Waals surface area contributed by atoms with Crippen LogP contribution < -0.4 is 0 Å². The molecule has 0 radical (unpaired) electrons. The molecule has 5 rings (SSSR count). The van der Waals surface area contributed by atoms with E-state index in [0.29, 0.717) is 10.5 Å². The van der Waals surface area contributed by atoms with Crippen molar-refractivity contribution in [3.05, 3.63) is 93.3 Å². The second-order valence-corrected chi connectivity index (χ2v) is 9.17. The molecule has 32 heavy (non-hydrogen) atoms. The van der Waals surface area contributed by atoms with Crippen LogP contribution in [0, 0.1) is 0 Å². The molecule has 0 bridgehead atoms. The number of rotatable bonds is 4. The quantitative estimate of drug-likeness (QED) is 0.192. The van der Waals surface area contributed by atoms with E-state index < -0.39 is 11.1 Å². The van der Waals surface area contributed by atoms with Crippen molar-refractivity contribution in [3.63, 3.8) is 0 Å². The second-order valence-electron chi connectivity index (χ2n) is 7.26. The summed E-state index contributed by atoms with van der Waals surface area (Å²) < 4.78 is 0.847. The Morgan fingerprint density at radius 1 is 0.906 bits per heavy atom. The van der Waals surface area contributed by atoms with E-state index in [1.165, 1.54) is 0 Å². The van der Waals surface area contributed by atoms with Crippen LogP contribution >= 0.6 is 27.7 Å². The first-order valence-electron chi connectivity index (χ1n) is 9.83. The summed E-state index contributed by atoms with van der Waals surface area (Å²) in [5, 5.41) is 1.34. The van der Waals surface area contributed by atoms with E-state index in [1.807, 2.05) is 48.5 Å². The predicted octanol–water partition coefficient (Wildman–Crippen LogP) is 6.07. The molecule has 0 atom stereocenters. The molecule has 0 saturated carbocycles. The molecule has 5 nitrogen and oxygen atoms in total. The first kappa shape index (κ1) is 20.6. The number of thioether (sulfide) groups is 1. The first-order valence-corrected chi connectivity index (χ1v) is 11.4. The number of halogens is 1. The number of nitrogens with zero attached hydrogens (tertiary/aromatic N) is 2. The van der Waals surface area contributed by atoms with Crippen molar-refractivity contribution in [1.29, 1.82) is 0 Å². The average Bonchev–Trinajstić information content (AvgIpc) is 3.06. The molecule has 0 N–H and O–H groups in total. The monoisotopic (exact) mass is 502 g/mol. The molecule has 2 heterocycles. The van der Waals surface area contributed by atoms with E-state index in [9.17, 15) is 14.4 Å². The van der Waals surface area contributed by atoms with Gasteiger partial charge in [-0.2, -0.15) is 0 Å². The molecule has 3 aromatic carbocycles. The van der Waals surface area contributed by atoms with Crippen molar-refractivity contribution in [2.24, 2.45) is 0 Å². The Morgan fingerprint density at radius 2 is 1.50 bits per heavy atom.